The lowest BCUT2D eigenvalue weighted by Gasteiger charge is -2.10. The average molecular weight is 333 g/mol. The predicted octanol–water partition coefficient (Wildman–Crippen LogP) is 1.61. The number of anilines is 1. The van der Waals surface area contributed by atoms with E-state index in [0.717, 1.165) is 3.57 Å². The lowest BCUT2D eigenvalue weighted by atomic mass is 10.1. The van der Waals surface area contributed by atoms with E-state index in [9.17, 15) is 4.79 Å². The molecule has 0 radical (unpaired) electrons. The molecule has 0 aliphatic rings. The maximum Gasteiger partial charge on any atom is 0.234 e. The van der Waals surface area contributed by atoms with E-state index in [2.05, 4.69) is 33.1 Å². The van der Waals surface area contributed by atoms with Gasteiger partial charge >= 0.3 is 0 Å². The van der Waals surface area contributed by atoms with Gasteiger partial charge in [-0.3, -0.25) is 4.79 Å². The first-order chi connectivity index (χ1) is 7.54. The lowest BCUT2D eigenvalue weighted by molar-refractivity contribution is -0.117. The minimum Gasteiger partial charge on any atom is -0.409 e. The van der Waals surface area contributed by atoms with Crippen molar-refractivity contribution in [2.45, 2.75) is 6.92 Å². The highest BCUT2D eigenvalue weighted by Gasteiger charge is 2.17. The predicted molar refractivity (Wildman–Crippen MR) is 70.4 cm³/mol. The van der Waals surface area contributed by atoms with Crippen molar-refractivity contribution in [2.75, 3.05) is 5.32 Å². The topological polar surface area (TPSA) is 87.7 Å². The van der Waals surface area contributed by atoms with E-state index < -0.39 is 5.92 Å². The molecule has 0 aliphatic carbocycles. The van der Waals surface area contributed by atoms with Crippen molar-refractivity contribution >= 4 is 40.0 Å². The number of nitrogens with two attached hydrogens (primary N) is 1. The summed E-state index contributed by atoms with van der Waals surface area (Å²) in [5.74, 6) is -1.08. The Kier molecular flexibility index (Phi) is 4.53. The number of carbonyl (C=O) groups is 1. The Morgan fingerprint density at radius 3 is 2.56 bits per heavy atom. The van der Waals surface area contributed by atoms with Crippen LogP contribution in [0.25, 0.3) is 0 Å². The van der Waals surface area contributed by atoms with Crippen LogP contribution in [0.15, 0.2) is 29.4 Å². The molecule has 5 nitrogen and oxygen atoms in total. The number of carbonyl (C=O) groups excluding carboxylic acids is 1. The molecular weight excluding hydrogens is 321 g/mol. The fourth-order valence-corrected chi connectivity index (χ4v) is 1.36. The normalized spacial score (nSPS) is 13.2. The number of rotatable bonds is 3. The molecule has 0 saturated carbocycles. The first-order valence-electron chi connectivity index (χ1n) is 4.58. The summed E-state index contributed by atoms with van der Waals surface area (Å²) in [6.07, 6.45) is 0. The van der Waals surface area contributed by atoms with E-state index in [1.54, 1.807) is 19.1 Å². The number of hydrogen-bond acceptors (Lipinski definition) is 3. The second-order valence-corrected chi connectivity index (χ2v) is 4.49. The number of amidine groups is 1. The molecular formula is C10H12IN3O2. The summed E-state index contributed by atoms with van der Waals surface area (Å²) in [6, 6.07) is 7.34. The Balaban J connectivity index is 2.68. The molecule has 4 N–H and O–H groups in total. The summed E-state index contributed by atoms with van der Waals surface area (Å²) in [5, 5.41) is 13.9. The summed E-state index contributed by atoms with van der Waals surface area (Å²) in [7, 11) is 0. The summed E-state index contributed by atoms with van der Waals surface area (Å²) in [5.41, 5.74) is 6.02. The summed E-state index contributed by atoms with van der Waals surface area (Å²) < 4.78 is 1.08. The third-order valence-electron chi connectivity index (χ3n) is 2.06. The summed E-state index contributed by atoms with van der Waals surface area (Å²) in [4.78, 5) is 11.6. The molecule has 0 fully saturated rings. The molecule has 0 saturated heterocycles. The number of amides is 1. The van der Waals surface area contributed by atoms with E-state index in [4.69, 9.17) is 10.9 Å². The lowest BCUT2D eigenvalue weighted by Crippen LogP contribution is -2.32. The Hall–Kier alpha value is -1.31. The molecule has 16 heavy (non-hydrogen) atoms. The van der Waals surface area contributed by atoms with Gasteiger partial charge in [0, 0.05) is 9.26 Å². The number of nitrogens with zero attached hydrogens (tertiary/aromatic N) is 1. The van der Waals surface area contributed by atoms with Gasteiger partial charge in [-0.2, -0.15) is 0 Å². The molecule has 1 amide bonds. The van der Waals surface area contributed by atoms with E-state index in [1.807, 2.05) is 12.1 Å². The van der Waals surface area contributed by atoms with Gasteiger partial charge in [0.25, 0.3) is 0 Å². The van der Waals surface area contributed by atoms with Crippen LogP contribution in [0.2, 0.25) is 0 Å². The highest BCUT2D eigenvalue weighted by atomic mass is 127. The zero-order chi connectivity index (χ0) is 12.1. The van der Waals surface area contributed by atoms with Crippen LogP contribution in [0.3, 0.4) is 0 Å². The Morgan fingerprint density at radius 2 is 2.06 bits per heavy atom. The van der Waals surface area contributed by atoms with E-state index in [-0.39, 0.29) is 11.7 Å². The highest BCUT2D eigenvalue weighted by molar-refractivity contribution is 14.1. The van der Waals surface area contributed by atoms with Gasteiger partial charge in [-0.25, -0.2) is 0 Å². The molecule has 1 atom stereocenters. The summed E-state index contributed by atoms with van der Waals surface area (Å²) in [6.45, 7) is 1.57. The monoisotopic (exact) mass is 333 g/mol. The van der Waals surface area contributed by atoms with Crippen LogP contribution in [0.5, 0.6) is 0 Å². The van der Waals surface area contributed by atoms with Crippen LogP contribution in [0, 0.1) is 9.49 Å². The van der Waals surface area contributed by atoms with Gasteiger partial charge in [-0.1, -0.05) is 5.16 Å². The molecule has 1 aromatic carbocycles. The Bertz CT molecular complexity index is 403. The van der Waals surface area contributed by atoms with Crippen molar-refractivity contribution in [3.8, 4) is 0 Å². The van der Waals surface area contributed by atoms with Crippen molar-refractivity contribution < 1.29 is 10.0 Å². The SMILES string of the molecule is CC(C(=O)Nc1ccc(I)cc1)C(N)=NO. The smallest absolute Gasteiger partial charge is 0.234 e. The van der Waals surface area contributed by atoms with Gasteiger partial charge in [0.1, 0.15) is 0 Å². The molecule has 0 bridgehead atoms. The van der Waals surface area contributed by atoms with E-state index >= 15 is 0 Å². The minimum absolute atomic E-state index is 0.108. The van der Waals surface area contributed by atoms with E-state index in [1.165, 1.54) is 0 Å². The zero-order valence-electron chi connectivity index (χ0n) is 8.64. The fraction of sp³-hybridized carbons (Fsp3) is 0.200. The summed E-state index contributed by atoms with van der Waals surface area (Å²) >= 11 is 2.18. The van der Waals surface area contributed by atoms with Gasteiger partial charge < -0.3 is 16.3 Å². The number of hydrogen-bond donors (Lipinski definition) is 3. The molecule has 0 heterocycles. The van der Waals surface area contributed by atoms with Crippen LogP contribution in [-0.2, 0) is 4.79 Å². The average Bonchev–Trinajstić information content (AvgIpc) is 2.30. The van der Waals surface area contributed by atoms with Gasteiger partial charge in [0.2, 0.25) is 5.91 Å². The van der Waals surface area contributed by atoms with Crippen LogP contribution in [-0.4, -0.2) is 17.0 Å². The highest BCUT2D eigenvalue weighted by Crippen LogP contribution is 2.12. The molecule has 86 valence electrons. The second kappa shape index (κ2) is 5.69. The zero-order valence-corrected chi connectivity index (χ0v) is 10.8. The molecule has 1 aromatic rings. The van der Waals surface area contributed by atoms with Crippen molar-refractivity contribution in [3.05, 3.63) is 27.8 Å². The second-order valence-electron chi connectivity index (χ2n) is 3.24. The maximum atomic E-state index is 11.6. The van der Waals surface area contributed by atoms with Crippen molar-refractivity contribution in [3.63, 3.8) is 0 Å². The van der Waals surface area contributed by atoms with Gasteiger partial charge in [0.15, 0.2) is 5.84 Å². The molecule has 6 heteroatoms. The third kappa shape index (κ3) is 3.37. The number of benzene rings is 1. The first-order valence-corrected chi connectivity index (χ1v) is 5.66. The fourth-order valence-electron chi connectivity index (χ4n) is 1.00. The van der Waals surface area contributed by atoms with Crippen molar-refractivity contribution in [2.24, 2.45) is 16.8 Å². The molecule has 0 spiro atoms. The van der Waals surface area contributed by atoms with Crippen LogP contribution < -0.4 is 11.1 Å². The first kappa shape index (κ1) is 12.8. The standard InChI is InChI=1S/C10H12IN3O2/c1-6(9(12)14-16)10(15)13-8-4-2-7(11)3-5-8/h2-6,16H,1H3,(H2,12,14)(H,13,15). The largest absolute Gasteiger partial charge is 0.409 e. The van der Waals surface area contributed by atoms with Gasteiger partial charge in [-0.05, 0) is 53.8 Å². The van der Waals surface area contributed by atoms with Crippen molar-refractivity contribution in [1.82, 2.24) is 0 Å². The van der Waals surface area contributed by atoms with Crippen LogP contribution in [0.1, 0.15) is 6.92 Å². The Labute approximate surface area is 107 Å². The van der Waals surface area contributed by atoms with Crippen molar-refractivity contribution in [1.29, 1.82) is 0 Å². The van der Waals surface area contributed by atoms with Gasteiger partial charge in [0.05, 0.1) is 5.92 Å². The molecule has 1 unspecified atom stereocenters. The molecule has 0 aliphatic heterocycles. The molecule has 0 aromatic heterocycles. The maximum absolute atomic E-state index is 11.6. The van der Waals surface area contributed by atoms with Crippen LogP contribution >= 0.6 is 22.6 Å². The number of oxime groups is 1. The number of nitrogens with one attached hydrogen (secondary N) is 1. The van der Waals surface area contributed by atoms with Gasteiger partial charge in [-0.15, -0.1) is 0 Å². The quantitative estimate of drug-likeness (QED) is 0.258. The third-order valence-corrected chi connectivity index (χ3v) is 2.78. The van der Waals surface area contributed by atoms with Crippen LogP contribution in [0.4, 0.5) is 5.69 Å². The molecule has 1 rings (SSSR count). The van der Waals surface area contributed by atoms with E-state index in [0.29, 0.717) is 5.69 Å². The Morgan fingerprint density at radius 1 is 1.50 bits per heavy atom. The minimum atomic E-state index is -0.663. The number of halogens is 1.